The lowest BCUT2D eigenvalue weighted by Crippen LogP contribution is -2.00. The number of hydrogen-bond acceptors (Lipinski definition) is 7. The van der Waals surface area contributed by atoms with Crippen molar-refractivity contribution in [2.45, 2.75) is 16.6 Å². The highest BCUT2D eigenvalue weighted by Crippen LogP contribution is 2.24. The smallest absolute Gasteiger partial charge is 0.220 e. The minimum absolute atomic E-state index is 0.254. The zero-order valence-corrected chi connectivity index (χ0v) is 11.5. The molecular weight excluding hydrogens is 314 g/mol. The molecule has 0 aliphatic heterocycles. The predicted molar refractivity (Wildman–Crippen MR) is 70.6 cm³/mol. The highest BCUT2D eigenvalue weighted by Gasteiger charge is 2.17. The van der Waals surface area contributed by atoms with Crippen LogP contribution in [0.2, 0.25) is 0 Å². The third-order valence-corrected chi connectivity index (χ3v) is 3.53. The molecule has 0 fully saturated rings. The van der Waals surface area contributed by atoms with Crippen molar-refractivity contribution in [3.05, 3.63) is 36.4 Å². The zero-order valence-electron chi connectivity index (χ0n) is 10.7. The van der Waals surface area contributed by atoms with Gasteiger partial charge in [0.2, 0.25) is 11.0 Å². The minimum Gasteiger partial charge on any atom is -0.220 e. The molecule has 0 aliphatic carbocycles. The number of aromatic nitrogens is 8. The van der Waals surface area contributed by atoms with Crippen LogP contribution in [0.15, 0.2) is 40.8 Å². The first-order valence-corrected chi connectivity index (χ1v) is 6.88. The van der Waals surface area contributed by atoms with E-state index in [1.54, 1.807) is 30.6 Å². The fourth-order valence-corrected chi connectivity index (χ4v) is 2.53. The quantitative estimate of drug-likeness (QED) is 0.567. The molecule has 0 radical (unpaired) electrons. The average Bonchev–Trinajstić information content (AvgIpc) is 3.09. The SMILES string of the molecule is FC(F)c1nnc2ccc(Sc3nc4ncccn4n3)nn12. The topological polar surface area (TPSA) is 86.2 Å². The van der Waals surface area contributed by atoms with Crippen LogP contribution in [0.4, 0.5) is 8.78 Å². The first-order chi connectivity index (χ1) is 10.7. The second kappa shape index (κ2) is 4.94. The number of alkyl halides is 2. The average molecular weight is 320 g/mol. The first kappa shape index (κ1) is 13.0. The maximum Gasteiger partial charge on any atom is 0.299 e. The van der Waals surface area contributed by atoms with Gasteiger partial charge in [-0.15, -0.1) is 15.3 Å². The standard InChI is InChI=1S/C11H6F2N8S/c12-8(13)9-17-16-6-2-3-7(18-21(6)9)22-11-15-10-14-4-1-5-20(10)19-11/h1-5,8H. The van der Waals surface area contributed by atoms with Gasteiger partial charge in [-0.1, -0.05) is 0 Å². The van der Waals surface area contributed by atoms with Crippen molar-refractivity contribution in [2.75, 3.05) is 0 Å². The Labute approximate surface area is 125 Å². The predicted octanol–water partition coefficient (Wildman–Crippen LogP) is 1.65. The zero-order chi connectivity index (χ0) is 15.1. The molecule has 0 unspecified atom stereocenters. The van der Waals surface area contributed by atoms with Crippen LogP contribution in [-0.2, 0) is 0 Å². The molecule has 11 heteroatoms. The van der Waals surface area contributed by atoms with Crippen LogP contribution >= 0.6 is 11.8 Å². The van der Waals surface area contributed by atoms with Crippen LogP contribution in [0.25, 0.3) is 11.4 Å². The Morgan fingerprint density at radius 3 is 2.86 bits per heavy atom. The summed E-state index contributed by atoms with van der Waals surface area (Å²) in [5.41, 5.74) is 0.254. The Morgan fingerprint density at radius 2 is 2.05 bits per heavy atom. The largest absolute Gasteiger partial charge is 0.299 e. The van der Waals surface area contributed by atoms with E-state index in [1.165, 1.54) is 4.52 Å². The number of nitrogens with zero attached hydrogens (tertiary/aromatic N) is 8. The third-order valence-electron chi connectivity index (χ3n) is 2.75. The number of rotatable bonds is 3. The minimum atomic E-state index is -2.75. The van der Waals surface area contributed by atoms with Crippen molar-refractivity contribution in [1.82, 2.24) is 39.4 Å². The summed E-state index contributed by atoms with van der Waals surface area (Å²) >= 11 is 1.14. The van der Waals surface area contributed by atoms with Gasteiger partial charge in [0.15, 0.2) is 5.65 Å². The summed E-state index contributed by atoms with van der Waals surface area (Å²) in [6, 6.07) is 4.93. The van der Waals surface area contributed by atoms with Gasteiger partial charge in [-0.25, -0.2) is 18.3 Å². The van der Waals surface area contributed by atoms with E-state index in [0.29, 0.717) is 16.0 Å². The number of halogens is 2. The summed E-state index contributed by atoms with van der Waals surface area (Å²) in [6.07, 6.45) is 0.569. The number of fused-ring (bicyclic) bond motifs is 2. The van der Waals surface area contributed by atoms with Crippen molar-refractivity contribution in [3.8, 4) is 0 Å². The fourth-order valence-electron chi connectivity index (χ4n) is 1.83. The lowest BCUT2D eigenvalue weighted by Gasteiger charge is -1.99. The van der Waals surface area contributed by atoms with Crippen molar-refractivity contribution >= 4 is 23.2 Å². The van der Waals surface area contributed by atoms with E-state index >= 15 is 0 Å². The summed E-state index contributed by atoms with van der Waals surface area (Å²) in [5, 5.41) is 16.2. The molecular formula is C11H6F2N8S. The third kappa shape index (κ3) is 2.15. The van der Waals surface area contributed by atoms with Gasteiger partial charge in [-0.2, -0.15) is 14.6 Å². The van der Waals surface area contributed by atoms with Gasteiger partial charge in [0.1, 0.15) is 5.03 Å². The van der Waals surface area contributed by atoms with E-state index in [2.05, 4.69) is 30.4 Å². The molecule has 0 saturated carbocycles. The molecule has 0 aliphatic rings. The van der Waals surface area contributed by atoms with Crippen LogP contribution in [0.5, 0.6) is 0 Å². The van der Waals surface area contributed by atoms with E-state index in [-0.39, 0.29) is 5.65 Å². The van der Waals surface area contributed by atoms with E-state index in [4.69, 9.17) is 0 Å². The van der Waals surface area contributed by atoms with Gasteiger partial charge in [0.05, 0.1) is 0 Å². The van der Waals surface area contributed by atoms with Crippen LogP contribution < -0.4 is 0 Å². The Bertz CT molecular complexity index is 932. The normalized spacial score (nSPS) is 11.8. The second-order valence-corrected chi connectivity index (χ2v) is 5.15. The Hall–Kier alpha value is -2.69. The molecule has 0 bridgehead atoms. The molecule has 0 spiro atoms. The summed E-state index contributed by atoms with van der Waals surface area (Å²) < 4.78 is 28.2. The van der Waals surface area contributed by atoms with Gasteiger partial charge >= 0.3 is 0 Å². The fraction of sp³-hybridized carbons (Fsp3) is 0.0909. The Kier molecular flexibility index (Phi) is 2.92. The molecule has 0 saturated heterocycles. The van der Waals surface area contributed by atoms with Crippen molar-refractivity contribution in [3.63, 3.8) is 0 Å². The van der Waals surface area contributed by atoms with Crippen molar-refractivity contribution < 1.29 is 8.78 Å². The molecule has 0 atom stereocenters. The summed E-state index contributed by atoms with van der Waals surface area (Å²) in [4.78, 5) is 8.26. The van der Waals surface area contributed by atoms with Gasteiger partial charge in [-0.3, -0.25) is 0 Å². The number of hydrogen-bond donors (Lipinski definition) is 0. The molecule has 22 heavy (non-hydrogen) atoms. The van der Waals surface area contributed by atoms with Crippen molar-refractivity contribution in [2.24, 2.45) is 0 Å². The van der Waals surface area contributed by atoms with Crippen LogP contribution in [-0.4, -0.2) is 39.4 Å². The molecule has 0 aromatic carbocycles. The molecule has 4 aromatic heterocycles. The molecule has 4 heterocycles. The summed E-state index contributed by atoms with van der Waals surface area (Å²) in [5.74, 6) is -0.0503. The Morgan fingerprint density at radius 1 is 1.14 bits per heavy atom. The maximum absolute atomic E-state index is 12.8. The van der Waals surface area contributed by atoms with E-state index in [9.17, 15) is 8.78 Å². The van der Waals surface area contributed by atoms with Gasteiger partial charge in [-0.05, 0) is 30.0 Å². The van der Waals surface area contributed by atoms with Crippen molar-refractivity contribution in [1.29, 1.82) is 0 Å². The van der Waals surface area contributed by atoms with Crippen LogP contribution in [0.3, 0.4) is 0 Å². The molecule has 0 N–H and O–H groups in total. The monoisotopic (exact) mass is 320 g/mol. The van der Waals surface area contributed by atoms with Crippen LogP contribution in [0, 0.1) is 0 Å². The van der Waals surface area contributed by atoms with Gasteiger partial charge < -0.3 is 0 Å². The van der Waals surface area contributed by atoms with Crippen LogP contribution in [0.1, 0.15) is 12.2 Å². The second-order valence-electron chi connectivity index (χ2n) is 4.16. The lowest BCUT2D eigenvalue weighted by molar-refractivity contribution is 0.137. The first-order valence-electron chi connectivity index (χ1n) is 6.06. The highest BCUT2D eigenvalue weighted by molar-refractivity contribution is 7.99. The van der Waals surface area contributed by atoms with Gasteiger partial charge in [0.25, 0.3) is 12.2 Å². The summed E-state index contributed by atoms with van der Waals surface area (Å²) in [7, 11) is 0. The maximum atomic E-state index is 12.8. The molecule has 0 amide bonds. The lowest BCUT2D eigenvalue weighted by atomic mass is 10.5. The molecule has 4 rings (SSSR count). The van der Waals surface area contributed by atoms with E-state index in [0.717, 1.165) is 16.3 Å². The summed E-state index contributed by atoms with van der Waals surface area (Å²) in [6.45, 7) is 0. The molecule has 110 valence electrons. The molecule has 4 aromatic rings. The molecule has 8 nitrogen and oxygen atoms in total. The Balaban J connectivity index is 1.72. The van der Waals surface area contributed by atoms with E-state index < -0.39 is 12.2 Å². The van der Waals surface area contributed by atoms with E-state index in [1.807, 2.05) is 0 Å². The highest BCUT2D eigenvalue weighted by atomic mass is 32.2. The van der Waals surface area contributed by atoms with Gasteiger partial charge in [0, 0.05) is 12.4 Å².